The number of hydrogen-bond acceptors (Lipinski definition) is 5. The van der Waals surface area contributed by atoms with Crippen LogP contribution in [0.3, 0.4) is 0 Å². The maximum atomic E-state index is 11.8. The molecule has 0 aliphatic heterocycles. The minimum atomic E-state index is -0.239. The molecule has 0 aromatic carbocycles. The standard InChI is InChI=1S/C13H18N4OS/c1-4-16-12(18)11-10(15)9(7-14)13(19-11)17-6-5-8(2)3/h5,17H,4,6,15H2,1-3H3,(H,16,18). The van der Waals surface area contributed by atoms with Crippen LogP contribution in [0, 0.1) is 11.3 Å². The van der Waals surface area contributed by atoms with E-state index in [0.717, 1.165) is 0 Å². The molecule has 0 radical (unpaired) electrons. The van der Waals surface area contributed by atoms with Crippen molar-refractivity contribution >= 4 is 27.9 Å². The molecule has 1 rings (SSSR count). The van der Waals surface area contributed by atoms with Crippen LogP contribution >= 0.6 is 11.3 Å². The number of nitrogens with two attached hydrogens (primary N) is 1. The van der Waals surface area contributed by atoms with Crippen LogP contribution < -0.4 is 16.4 Å². The van der Waals surface area contributed by atoms with Gasteiger partial charge in [0.2, 0.25) is 0 Å². The first-order valence-electron chi connectivity index (χ1n) is 5.99. The lowest BCUT2D eigenvalue weighted by atomic mass is 10.2. The van der Waals surface area contributed by atoms with E-state index >= 15 is 0 Å². The molecule has 1 amide bonds. The van der Waals surface area contributed by atoms with Crippen LogP contribution in [0.25, 0.3) is 0 Å². The number of allylic oxidation sites excluding steroid dienone is 1. The highest BCUT2D eigenvalue weighted by atomic mass is 32.1. The smallest absolute Gasteiger partial charge is 0.263 e. The Hall–Kier alpha value is -2.00. The lowest BCUT2D eigenvalue weighted by Crippen LogP contribution is -2.22. The van der Waals surface area contributed by atoms with Gasteiger partial charge in [-0.25, -0.2) is 0 Å². The summed E-state index contributed by atoms with van der Waals surface area (Å²) >= 11 is 1.21. The highest BCUT2D eigenvalue weighted by Crippen LogP contribution is 2.34. The number of nitrogen functional groups attached to an aromatic ring is 1. The first-order valence-corrected chi connectivity index (χ1v) is 6.80. The molecule has 1 aromatic heterocycles. The zero-order valence-corrected chi connectivity index (χ0v) is 12.1. The monoisotopic (exact) mass is 278 g/mol. The minimum Gasteiger partial charge on any atom is -0.396 e. The quantitative estimate of drug-likeness (QED) is 0.721. The SMILES string of the molecule is CCNC(=O)c1sc(NCC=C(C)C)c(C#N)c1N. The zero-order valence-electron chi connectivity index (χ0n) is 11.3. The van der Waals surface area contributed by atoms with Crippen LogP contribution in [0.5, 0.6) is 0 Å². The van der Waals surface area contributed by atoms with E-state index in [1.165, 1.54) is 16.9 Å². The molecule has 1 heterocycles. The van der Waals surface area contributed by atoms with Crippen LogP contribution in [0.2, 0.25) is 0 Å². The second-order valence-electron chi connectivity index (χ2n) is 4.18. The van der Waals surface area contributed by atoms with Gasteiger partial charge in [-0.05, 0) is 20.8 Å². The lowest BCUT2D eigenvalue weighted by molar-refractivity contribution is 0.0960. The molecule has 0 atom stereocenters. The van der Waals surface area contributed by atoms with Gasteiger partial charge in [0.1, 0.15) is 21.5 Å². The molecule has 6 heteroatoms. The Morgan fingerprint density at radius 3 is 2.74 bits per heavy atom. The van der Waals surface area contributed by atoms with E-state index in [0.29, 0.717) is 28.5 Å². The average molecular weight is 278 g/mol. The average Bonchev–Trinajstić information content (AvgIpc) is 2.65. The molecule has 0 aliphatic rings. The summed E-state index contributed by atoms with van der Waals surface area (Å²) in [6, 6.07) is 2.04. The maximum Gasteiger partial charge on any atom is 0.263 e. The van der Waals surface area contributed by atoms with Gasteiger partial charge in [-0.1, -0.05) is 11.6 Å². The molecule has 0 saturated carbocycles. The molecule has 0 spiro atoms. The van der Waals surface area contributed by atoms with Gasteiger partial charge in [0, 0.05) is 13.1 Å². The summed E-state index contributed by atoms with van der Waals surface area (Å²) in [6.45, 7) is 6.96. The number of amides is 1. The van der Waals surface area contributed by atoms with Crippen molar-refractivity contribution < 1.29 is 4.79 Å². The van der Waals surface area contributed by atoms with Gasteiger partial charge in [0.05, 0.1) is 5.69 Å². The predicted molar refractivity (Wildman–Crippen MR) is 79.4 cm³/mol. The lowest BCUT2D eigenvalue weighted by Gasteiger charge is -2.00. The summed E-state index contributed by atoms with van der Waals surface area (Å²) in [7, 11) is 0. The van der Waals surface area contributed by atoms with Gasteiger partial charge >= 0.3 is 0 Å². The Kier molecular flexibility index (Phi) is 5.39. The van der Waals surface area contributed by atoms with Crippen LogP contribution in [0.4, 0.5) is 10.7 Å². The number of hydrogen-bond donors (Lipinski definition) is 3. The van der Waals surface area contributed by atoms with Crippen molar-refractivity contribution in [3.63, 3.8) is 0 Å². The van der Waals surface area contributed by atoms with E-state index in [1.54, 1.807) is 0 Å². The van der Waals surface area contributed by atoms with Crippen LogP contribution in [0.15, 0.2) is 11.6 Å². The number of carbonyl (C=O) groups is 1. The minimum absolute atomic E-state index is 0.239. The summed E-state index contributed by atoms with van der Waals surface area (Å²) in [5, 5.41) is 15.6. The third-order valence-electron chi connectivity index (χ3n) is 2.37. The molecule has 4 N–H and O–H groups in total. The zero-order chi connectivity index (χ0) is 14.4. The Labute approximate surface area is 117 Å². The maximum absolute atomic E-state index is 11.8. The van der Waals surface area contributed by atoms with Crippen molar-refractivity contribution in [1.29, 1.82) is 5.26 Å². The van der Waals surface area contributed by atoms with Crippen LogP contribution in [-0.4, -0.2) is 19.0 Å². The third-order valence-corrected chi connectivity index (χ3v) is 3.54. The predicted octanol–water partition coefficient (Wildman–Crippen LogP) is 2.33. The normalized spacial score (nSPS) is 9.58. The Bertz CT molecular complexity index is 536. The van der Waals surface area contributed by atoms with Gasteiger partial charge < -0.3 is 16.4 Å². The molecular formula is C13H18N4OS. The van der Waals surface area contributed by atoms with Gasteiger partial charge in [0.25, 0.3) is 5.91 Å². The third kappa shape index (κ3) is 3.73. The van der Waals surface area contributed by atoms with Crippen molar-refractivity contribution in [2.24, 2.45) is 0 Å². The molecular weight excluding hydrogens is 260 g/mol. The van der Waals surface area contributed by atoms with Crippen molar-refractivity contribution in [1.82, 2.24) is 5.32 Å². The number of nitrogens with zero attached hydrogens (tertiary/aromatic N) is 1. The fourth-order valence-corrected chi connectivity index (χ4v) is 2.43. The molecule has 102 valence electrons. The van der Waals surface area contributed by atoms with Crippen molar-refractivity contribution in [3.05, 3.63) is 22.1 Å². The Morgan fingerprint density at radius 1 is 1.53 bits per heavy atom. The summed E-state index contributed by atoms with van der Waals surface area (Å²) in [5.41, 5.74) is 7.62. The second-order valence-corrected chi connectivity index (χ2v) is 5.20. The Balaban J connectivity index is 2.99. The van der Waals surface area contributed by atoms with E-state index in [1.807, 2.05) is 32.9 Å². The van der Waals surface area contributed by atoms with Crippen molar-refractivity contribution in [3.8, 4) is 6.07 Å². The van der Waals surface area contributed by atoms with E-state index in [9.17, 15) is 4.79 Å². The fraction of sp³-hybridized carbons (Fsp3) is 0.385. The molecule has 0 aliphatic carbocycles. The van der Waals surface area contributed by atoms with Crippen LogP contribution in [0.1, 0.15) is 36.0 Å². The summed E-state index contributed by atoms with van der Waals surface area (Å²) < 4.78 is 0. The number of carbonyl (C=O) groups excluding carboxylic acids is 1. The first-order chi connectivity index (χ1) is 9.01. The number of nitrogens with one attached hydrogen (secondary N) is 2. The number of rotatable bonds is 5. The molecule has 19 heavy (non-hydrogen) atoms. The molecule has 1 aromatic rings. The molecule has 0 fully saturated rings. The van der Waals surface area contributed by atoms with Crippen LogP contribution in [-0.2, 0) is 0 Å². The van der Waals surface area contributed by atoms with Crippen molar-refractivity contribution in [2.75, 3.05) is 24.1 Å². The van der Waals surface area contributed by atoms with E-state index in [4.69, 9.17) is 11.0 Å². The second kappa shape index (κ2) is 6.81. The molecule has 5 nitrogen and oxygen atoms in total. The van der Waals surface area contributed by atoms with Crippen molar-refractivity contribution in [2.45, 2.75) is 20.8 Å². The highest BCUT2D eigenvalue weighted by molar-refractivity contribution is 7.18. The summed E-state index contributed by atoms with van der Waals surface area (Å²) in [4.78, 5) is 12.2. The molecule has 0 saturated heterocycles. The largest absolute Gasteiger partial charge is 0.396 e. The van der Waals surface area contributed by atoms with E-state index in [2.05, 4.69) is 10.6 Å². The van der Waals surface area contributed by atoms with Gasteiger partial charge in [-0.2, -0.15) is 5.26 Å². The van der Waals surface area contributed by atoms with E-state index < -0.39 is 0 Å². The molecule has 0 unspecified atom stereocenters. The number of anilines is 2. The number of thiophene rings is 1. The molecule has 0 bridgehead atoms. The highest BCUT2D eigenvalue weighted by Gasteiger charge is 2.20. The fourth-order valence-electron chi connectivity index (χ4n) is 1.44. The van der Waals surface area contributed by atoms with E-state index in [-0.39, 0.29) is 11.6 Å². The van der Waals surface area contributed by atoms with Gasteiger partial charge in [-0.15, -0.1) is 11.3 Å². The first kappa shape index (κ1) is 15.1. The van der Waals surface area contributed by atoms with Gasteiger partial charge in [0.15, 0.2) is 0 Å². The Morgan fingerprint density at radius 2 is 2.21 bits per heavy atom. The van der Waals surface area contributed by atoms with Gasteiger partial charge in [-0.3, -0.25) is 4.79 Å². The number of nitriles is 1. The summed E-state index contributed by atoms with van der Waals surface area (Å²) in [5.74, 6) is -0.239. The summed E-state index contributed by atoms with van der Waals surface area (Å²) in [6.07, 6.45) is 2.00. The topological polar surface area (TPSA) is 90.9 Å².